The molecule has 2 N–H and O–H groups in total. The minimum absolute atomic E-state index is 0.0546. The Morgan fingerprint density at radius 1 is 1.10 bits per heavy atom. The SMILES string of the molecule is Cc1cc(C2CC2)c(O[C@@H]2CCN(C)CC[C@H]2c2ccc(C(=O)O)cc2)c2cc[nH]c12. The molecule has 2 aromatic carbocycles. The van der Waals surface area contributed by atoms with Crippen LogP contribution in [-0.2, 0) is 0 Å². The monoisotopic (exact) mass is 418 g/mol. The number of likely N-dealkylation sites (tertiary alicyclic amines) is 1. The normalized spacial score (nSPS) is 22.4. The first-order valence-electron chi connectivity index (χ1n) is 11.3. The van der Waals surface area contributed by atoms with Crippen molar-refractivity contribution in [3.05, 3.63) is 64.8 Å². The minimum atomic E-state index is -0.886. The minimum Gasteiger partial charge on any atom is -0.489 e. The fourth-order valence-electron chi connectivity index (χ4n) is 4.99. The van der Waals surface area contributed by atoms with Gasteiger partial charge in [-0.15, -0.1) is 0 Å². The summed E-state index contributed by atoms with van der Waals surface area (Å²) in [5.41, 5.74) is 5.27. The van der Waals surface area contributed by atoms with Gasteiger partial charge in [0.05, 0.1) is 11.1 Å². The molecule has 0 bridgehead atoms. The molecule has 5 rings (SSSR count). The van der Waals surface area contributed by atoms with Gasteiger partial charge in [-0.05, 0) is 87.0 Å². The van der Waals surface area contributed by atoms with Gasteiger partial charge in [-0.25, -0.2) is 4.79 Å². The van der Waals surface area contributed by atoms with E-state index in [1.54, 1.807) is 12.1 Å². The van der Waals surface area contributed by atoms with Crippen LogP contribution in [-0.4, -0.2) is 47.2 Å². The number of carbonyl (C=O) groups is 1. The van der Waals surface area contributed by atoms with Crippen molar-refractivity contribution in [1.29, 1.82) is 0 Å². The molecule has 3 aromatic rings. The van der Waals surface area contributed by atoms with Crippen LogP contribution in [0, 0.1) is 6.92 Å². The number of benzene rings is 2. The Morgan fingerprint density at radius 3 is 2.55 bits per heavy atom. The zero-order chi connectivity index (χ0) is 21.5. The van der Waals surface area contributed by atoms with E-state index in [4.69, 9.17) is 4.74 Å². The second kappa shape index (κ2) is 8.04. The van der Waals surface area contributed by atoms with Crippen LogP contribution in [0.3, 0.4) is 0 Å². The van der Waals surface area contributed by atoms with E-state index in [1.165, 1.54) is 29.4 Å². The topological polar surface area (TPSA) is 65.6 Å². The number of aromatic carboxylic acids is 1. The number of aromatic amines is 1. The predicted octanol–water partition coefficient (Wildman–Crippen LogP) is 5.31. The summed E-state index contributed by atoms with van der Waals surface area (Å²) in [6, 6.07) is 11.8. The van der Waals surface area contributed by atoms with E-state index in [0.29, 0.717) is 11.5 Å². The number of nitrogens with zero attached hydrogens (tertiary/aromatic N) is 1. The highest BCUT2D eigenvalue weighted by atomic mass is 16.5. The van der Waals surface area contributed by atoms with Gasteiger partial charge in [0, 0.05) is 24.0 Å². The molecule has 1 aromatic heterocycles. The Balaban J connectivity index is 1.52. The van der Waals surface area contributed by atoms with Crippen molar-refractivity contribution >= 4 is 16.9 Å². The number of carboxylic acid groups (broad SMARTS) is 1. The third kappa shape index (κ3) is 3.94. The van der Waals surface area contributed by atoms with Crippen LogP contribution in [0.2, 0.25) is 0 Å². The molecule has 1 aliphatic carbocycles. The molecular formula is C26H30N2O3. The van der Waals surface area contributed by atoms with Gasteiger partial charge < -0.3 is 19.7 Å². The lowest BCUT2D eigenvalue weighted by Gasteiger charge is -2.28. The largest absolute Gasteiger partial charge is 0.489 e. The first-order valence-corrected chi connectivity index (χ1v) is 11.3. The maximum absolute atomic E-state index is 11.3. The number of aromatic nitrogens is 1. The second-order valence-corrected chi connectivity index (χ2v) is 9.22. The van der Waals surface area contributed by atoms with Crippen LogP contribution < -0.4 is 4.74 Å². The molecule has 1 saturated heterocycles. The summed E-state index contributed by atoms with van der Waals surface area (Å²) < 4.78 is 6.92. The fraction of sp³-hybridized carbons (Fsp3) is 0.423. The number of carboxylic acids is 1. The quantitative estimate of drug-likeness (QED) is 0.589. The lowest BCUT2D eigenvalue weighted by atomic mass is 9.88. The van der Waals surface area contributed by atoms with Crippen LogP contribution in [0.25, 0.3) is 10.9 Å². The van der Waals surface area contributed by atoms with Crippen molar-refractivity contribution < 1.29 is 14.6 Å². The molecule has 0 radical (unpaired) electrons. The molecule has 0 amide bonds. The molecule has 0 spiro atoms. The van der Waals surface area contributed by atoms with Crippen LogP contribution in [0.4, 0.5) is 0 Å². The molecule has 1 aliphatic heterocycles. The van der Waals surface area contributed by atoms with Crippen molar-refractivity contribution in [2.24, 2.45) is 0 Å². The summed E-state index contributed by atoms with van der Waals surface area (Å²) in [6.45, 7) is 4.17. The van der Waals surface area contributed by atoms with Crippen LogP contribution in [0.5, 0.6) is 5.75 Å². The van der Waals surface area contributed by atoms with Gasteiger partial charge in [0.25, 0.3) is 0 Å². The van der Waals surface area contributed by atoms with Gasteiger partial charge in [0.2, 0.25) is 0 Å². The third-order valence-corrected chi connectivity index (χ3v) is 6.96. The number of fused-ring (bicyclic) bond motifs is 1. The van der Waals surface area contributed by atoms with Gasteiger partial charge in [-0.1, -0.05) is 18.2 Å². The zero-order valence-electron chi connectivity index (χ0n) is 18.2. The number of aryl methyl sites for hydroxylation is 1. The lowest BCUT2D eigenvalue weighted by molar-refractivity contribution is 0.0697. The number of hydrogen-bond donors (Lipinski definition) is 2. The molecule has 2 atom stereocenters. The second-order valence-electron chi connectivity index (χ2n) is 9.22. The van der Waals surface area contributed by atoms with Crippen LogP contribution >= 0.6 is 0 Å². The average Bonchev–Trinajstić information content (AvgIpc) is 3.52. The molecule has 5 nitrogen and oxygen atoms in total. The highest BCUT2D eigenvalue weighted by Gasteiger charge is 2.33. The van der Waals surface area contributed by atoms with Crippen molar-refractivity contribution in [3.63, 3.8) is 0 Å². The molecule has 5 heteroatoms. The van der Waals surface area contributed by atoms with E-state index < -0.39 is 5.97 Å². The molecule has 1 saturated carbocycles. The lowest BCUT2D eigenvalue weighted by Crippen LogP contribution is -2.26. The molecule has 2 aliphatic rings. The molecule has 162 valence electrons. The van der Waals surface area contributed by atoms with Gasteiger partial charge >= 0.3 is 5.97 Å². The smallest absolute Gasteiger partial charge is 0.335 e. The first-order chi connectivity index (χ1) is 15.0. The Morgan fingerprint density at radius 2 is 1.84 bits per heavy atom. The molecule has 2 heterocycles. The zero-order valence-corrected chi connectivity index (χ0v) is 18.2. The standard InChI is InChI=1S/C26H30N2O3/c1-16-15-22(18-3-4-18)25(21-9-12-27-24(16)21)31-23-11-14-28(2)13-10-20(23)17-5-7-19(8-6-17)26(29)30/h5-9,12,15,18,20,23,27H,3-4,10-11,13-14H2,1-2H3,(H,29,30)/t20-,23+/m0/s1. The molecule has 31 heavy (non-hydrogen) atoms. The summed E-state index contributed by atoms with van der Waals surface area (Å²) in [5.74, 6) is 1.000. The maximum atomic E-state index is 11.3. The van der Waals surface area contributed by atoms with E-state index in [0.717, 1.165) is 42.8 Å². The van der Waals surface area contributed by atoms with E-state index in [9.17, 15) is 9.90 Å². The fourth-order valence-corrected chi connectivity index (χ4v) is 4.99. The van der Waals surface area contributed by atoms with E-state index in [2.05, 4.69) is 36.0 Å². The number of rotatable bonds is 5. The van der Waals surface area contributed by atoms with Gasteiger partial charge in [-0.3, -0.25) is 0 Å². The first kappa shape index (κ1) is 20.1. The maximum Gasteiger partial charge on any atom is 0.335 e. The Labute approximate surface area is 183 Å². The Bertz CT molecular complexity index is 1100. The number of nitrogens with one attached hydrogen (secondary N) is 1. The predicted molar refractivity (Wildman–Crippen MR) is 122 cm³/mol. The Hall–Kier alpha value is -2.79. The van der Waals surface area contributed by atoms with E-state index >= 15 is 0 Å². The summed E-state index contributed by atoms with van der Waals surface area (Å²) in [6.07, 6.45) is 6.47. The van der Waals surface area contributed by atoms with Gasteiger partial charge in [-0.2, -0.15) is 0 Å². The van der Waals surface area contributed by atoms with Gasteiger partial charge in [0.15, 0.2) is 0 Å². The highest BCUT2D eigenvalue weighted by Crippen LogP contribution is 2.48. The van der Waals surface area contributed by atoms with Crippen molar-refractivity contribution in [2.75, 3.05) is 20.1 Å². The number of hydrogen-bond acceptors (Lipinski definition) is 3. The molecule has 2 fully saturated rings. The Kier molecular flexibility index (Phi) is 5.22. The van der Waals surface area contributed by atoms with Crippen molar-refractivity contribution in [1.82, 2.24) is 9.88 Å². The summed E-state index contributed by atoms with van der Waals surface area (Å²) in [4.78, 5) is 17.0. The summed E-state index contributed by atoms with van der Waals surface area (Å²) >= 11 is 0. The van der Waals surface area contributed by atoms with E-state index in [1.807, 2.05) is 18.3 Å². The number of ether oxygens (including phenoxy) is 1. The molecule has 0 unspecified atom stereocenters. The number of H-pyrrole nitrogens is 1. The highest BCUT2D eigenvalue weighted by molar-refractivity contribution is 5.90. The van der Waals surface area contributed by atoms with Crippen LogP contribution in [0.15, 0.2) is 42.6 Å². The average molecular weight is 419 g/mol. The third-order valence-electron chi connectivity index (χ3n) is 6.96. The van der Waals surface area contributed by atoms with Crippen molar-refractivity contribution in [3.8, 4) is 5.75 Å². The summed E-state index contributed by atoms with van der Waals surface area (Å²) in [7, 11) is 2.17. The van der Waals surface area contributed by atoms with Gasteiger partial charge in [0.1, 0.15) is 11.9 Å². The van der Waals surface area contributed by atoms with E-state index in [-0.39, 0.29) is 12.0 Å². The molecular weight excluding hydrogens is 388 g/mol. The van der Waals surface area contributed by atoms with Crippen LogP contribution in [0.1, 0.15) is 64.6 Å². The summed E-state index contributed by atoms with van der Waals surface area (Å²) in [5, 5.41) is 10.4. The van der Waals surface area contributed by atoms with Crippen molar-refractivity contribution in [2.45, 2.75) is 50.5 Å².